The lowest BCUT2D eigenvalue weighted by Gasteiger charge is -2.33. The summed E-state index contributed by atoms with van der Waals surface area (Å²) < 4.78 is 10.5. The molecule has 13 heavy (non-hydrogen) atoms. The molecule has 0 aromatic rings. The Morgan fingerprint density at radius 3 is 2.92 bits per heavy atom. The number of carbonyl (C=O) groups is 1. The minimum atomic E-state index is -0.224. The highest BCUT2D eigenvalue weighted by molar-refractivity contribution is 5.80. The van der Waals surface area contributed by atoms with E-state index in [9.17, 15) is 4.79 Å². The van der Waals surface area contributed by atoms with Crippen molar-refractivity contribution >= 4 is 5.97 Å². The summed E-state index contributed by atoms with van der Waals surface area (Å²) in [6.45, 7) is 1.41. The highest BCUT2D eigenvalue weighted by Gasteiger charge is 2.62. The van der Waals surface area contributed by atoms with Crippen LogP contribution >= 0.6 is 0 Å². The molecule has 1 aliphatic carbocycles. The van der Waals surface area contributed by atoms with Gasteiger partial charge in [-0.05, 0) is 12.8 Å². The molecule has 3 nitrogen and oxygen atoms in total. The summed E-state index contributed by atoms with van der Waals surface area (Å²) in [7, 11) is 0. The van der Waals surface area contributed by atoms with Crippen LogP contribution in [-0.4, -0.2) is 25.3 Å². The number of cyclic esters (lactones) is 1. The van der Waals surface area contributed by atoms with Gasteiger partial charge in [-0.25, -0.2) is 0 Å². The zero-order chi connectivity index (χ0) is 8.89. The summed E-state index contributed by atoms with van der Waals surface area (Å²) in [5.74, 6) is 0.459. The number of rotatable bonds is 1. The number of hydrogen-bond acceptors (Lipinski definition) is 3. The highest BCUT2D eigenvalue weighted by Crippen LogP contribution is 2.53. The average molecular weight is 182 g/mol. The van der Waals surface area contributed by atoms with Gasteiger partial charge in [0.15, 0.2) is 0 Å². The van der Waals surface area contributed by atoms with Crippen molar-refractivity contribution in [2.45, 2.75) is 31.8 Å². The van der Waals surface area contributed by atoms with Crippen LogP contribution in [-0.2, 0) is 14.3 Å². The van der Waals surface area contributed by atoms with E-state index in [2.05, 4.69) is 0 Å². The van der Waals surface area contributed by atoms with Crippen LogP contribution in [0, 0.1) is 11.3 Å². The monoisotopic (exact) mass is 182 g/mol. The molecule has 0 radical (unpaired) electrons. The third-order valence-electron chi connectivity index (χ3n) is 3.83. The number of epoxide rings is 1. The summed E-state index contributed by atoms with van der Waals surface area (Å²) >= 11 is 0. The maximum absolute atomic E-state index is 11.7. The fourth-order valence-electron chi connectivity index (χ4n) is 2.98. The summed E-state index contributed by atoms with van der Waals surface area (Å²) in [4.78, 5) is 11.7. The molecule has 0 aromatic carbocycles. The van der Waals surface area contributed by atoms with Crippen molar-refractivity contribution in [3.05, 3.63) is 0 Å². The Kier molecular flexibility index (Phi) is 1.48. The first-order valence-corrected chi connectivity index (χ1v) is 5.13. The maximum atomic E-state index is 11.7. The smallest absolute Gasteiger partial charge is 0.315 e. The Balaban J connectivity index is 1.95. The number of ether oxygens (including phenoxy) is 2. The van der Waals surface area contributed by atoms with Crippen LogP contribution in [0.3, 0.4) is 0 Å². The zero-order valence-corrected chi connectivity index (χ0v) is 7.62. The molecule has 3 atom stereocenters. The lowest BCUT2D eigenvalue weighted by atomic mass is 9.66. The molecular formula is C10H14O3. The third kappa shape index (κ3) is 0.909. The second-order valence-corrected chi connectivity index (χ2v) is 4.40. The van der Waals surface area contributed by atoms with Crippen LogP contribution in [0.15, 0.2) is 0 Å². The number of esters is 1. The number of hydrogen-bond donors (Lipinski definition) is 0. The average Bonchev–Trinajstić information content (AvgIpc) is 2.94. The molecule has 3 aliphatic rings. The van der Waals surface area contributed by atoms with Crippen LogP contribution < -0.4 is 0 Å². The van der Waals surface area contributed by atoms with E-state index >= 15 is 0 Å². The number of fused-ring (bicyclic) bond motifs is 1. The first-order valence-electron chi connectivity index (χ1n) is 5.13. The second-order valence-electron chi connectivity index (χ2n) is 4.40. The minimum absolute atomic E-state index is 0.0136. The molecule has 2 heterocycles. The van der Waals surface area contributed by atoms with Crippen LogP contribution in [0.1, 0.15) is 25.7 Å². The quantitative estimate of drug-likeness (QED) is 0.450. The predicted molar refractivity (Wildman–Crippen MR) is 45.1 cm³/mol. The van der Waals surface area contributed by atoms with E-state index < -0.39 is 0 Å². The molecule has 3 rings (SSSR count). The molecule has 72 valence electrons. The van der Waals surface area contributed by atoms with E-state index in [-0.39, 0.29) is 17.5 Å². The summed E-state index contributed by atoms with van der Waals surface area (Å²) in [6.07, 6.45) is 4.72. The van der Waals surface area contributed by atoms with E-state index in [1.807, 2.05) is 0 Å². The molecule has 0 bridgehead atoms. The van der Waals surface area contributed by atoms with Crippen LogP contribution in [0.2, 0.25) is 0 Å². The van der Waals surface area contributed by atoms with Crippen molar-refractivity contribution in [2.24, 2.45) is 11.3 Å². The van der Waals surface area contributed by atoms with E-state index in [0.717, 1.165) is 25.9 Å². The van der Waals surface area contributed by atoms with Gasteiger partial charge >= 0.3 is 5.97 Å². The Morgan fingerprint density at radius 1 is 1.31 bits per heavy atom. The highest BCUT2D eigenvalue weighted by atomic mass is 16.6. The SMILES string of the molecule is O=C1OC[C@@H]2CCCC[C@]12[C@@H]1CO1. The minimum Gasteiger partial charge on any atom is -0.465 e. The third-order valence-corrected chi connectivity index (χ3v) is 3.83. The lowest BCUT2D eigenvalue weighted by molar-refractivity contribution is -0.148. The van der Waals surface area contributed by atoms with Gasteiger partial charge in [0.1, 0.15) is 5.41 Å². The summed E-state index contributed by atoms with van der Waals surface area (Å²) in [5, 5.41) is 0. The normalized spacial score (nSPS) is 48.5. The van der Waals surface area contributed by atoms with Gasteiger partial charge in [0.05, 0.1) is 19.3 Å². The van der Waals surface area contributed by atoms with Crippen molar-refractivity contribution in [3.63, 3.8) is 0 Å². The van der Waals surface area contributed by atoms with Gasteiger partial charge in [-0.15, -0.1) is 0 Å². The van der Waals surface area contributed by atoms with Gasteiger partial charge in [-0.1, -0.05) is 12.8 Å². The van der Waals surface area contributed by atoms with Gasteiger partial charge < -0.3 is 9.47 Å². The van der Waals surface area contributed by atoms with Crippen molar-refractivity contribution in [3.8, 4) is 0 Å². The second kappa shape index (κ2) is 2.47. The Labute approximate surface area is 77.4 Å². The van der Waals surface area contributed by atoms with E-state index in [4.69, 9.17) is 9.47 Å². The standard InChI is InChI=1S/C10H14O3/c11-9-10(8-6-12-8)4-2-1-3-7(10)5-13-9/h7-8H,1-6H2/t7-,8-,10-/m0/s1. The van der Waals surface area contributed by atoms with E-state index in [0.29, 0.717) is 12.5 Å². The lowest BCUT2D eigenvalue weighted by Crippen LogP contribution is -2.41. The van der Waals surface area contributed by atoms with Crippen LogP contribution in [0.25, 0.3) is 0 Å². The van der Waals surface area contributed by atoms with Gasteiger partial charge in [0.2, 0.25) is 0 Å². The van der Waals surface area contributed by atoms with Crippen molar-refractivity contribution in [1.82, 2.24) is 0 Å². The molecule has 1 saturated carbocycles. The van der Waals surface area contributed by atoms with Crippen molar-refractivity contribution in [2.75, 3.05) is 13.2 Å². The molecule has 0 N–H and O–H groups in total. The molecule has 0 spiro atoms. The van der Waals surface area contributed by atoms with E-state index in [1.54, 1.807) is 0 Å². The van der Waals surface area contributed by atoms with Gasteiger partial charge in [0, 0.05) is 5.92 Å². The molecule has 3 fully saturated rings. The largest absolute Gasteiger partial charge is 0.465 e. The maximum Gasteiger partial charge on any atom is 0.315 e. The zero-order valence-electron chi connectivity index (χ0n) is 7.62. The molecule has 0 amide bonds. The first-order chi connectivity index (χ1) is 6.34. The molecular weight excluding hydrogens is 168 g/mol. The molecule has 0 unspecified atom stereocenters. The fourth-order valence-corrected chi connectivity index (χ4v) is 2.98. The fraction of sp³-hybridized carbons (Fsp3) is 0.900. The van der Waals surface area contributed by atoms with Gasteiger partial charge in [0.25, 0.3) is 0 Å². The Morgan fingerprint density at radius 2 is 2.15 bits per heavy atom. The van der Waals surface area contributed by atoms with Crippen LogP contribution in [0.4, 0.5) is 0 Å². The van der Waals surface area contributed by atoms with Crippen molar-refractivity contribution in [1.29, 1.82) is 0 Å². The van der Waals surface area contributed by atoms with Gasteiger partial charge in [-0.3, -0.25) is 4.79 Å². The molecule has 2 saturated heterocycles. The summed E-state index contributed by atoms with van der Waals surface area (Å²) in [6, 6.07) is 0. The van der Waals surface area contributed by atoms with Crippen molar-refractivity contribution < 1.29 is 14.3 Å². The summed E-state index contributed by atoms with van der Waals surface area (Å²) in [5.41, 5.74) is -0.224. The molecule has 3 heteroatoms. The topological polar surface area (TPSA) is 38.8 Å². The van der Waals surface area contributed by atoms with Crippen LogP contribution in [0.5, 0.6) is 0 Å². The Bertz CT molecular complexity index is 247. The number of carbonyl (C=O) groups excluding carboxylic acids is 1. The first kappa shape index (κ1) is 7.80. The molecule has 2 aliphatic heterocycles. The van der Waals surface area contributed by atoms with E-state index in [1.165, 1.54) is 6.42 Å². The predicted octanol–water partition coefficient (Wildman–Crippen LogP) is 1.12. The Hall–Kier alpha value is -0.570. The van der Waals surface area contributed by atoms with Gasteiger partial charge in [-0.2, -0.15) is 0 Å². The molecule has 0 aromatic heterocycles.